The molecule has 146 valence electrons. The average molecular weight is 382 g/mol. The molecule has 1 aliphatic heterocycles. The fraction of sp³-hybridized carbons (Fsp3) is 0.389. The number of hydrogen-bond acceptors (Lipinski definition) is 8. The summed E-state index contributed by atoms with van der Waals surface area (Å²) in [6, 6.07) is 6.77. The van der Waals surface area contributed by atoms with Crippen molar-refractivity contribution in [1.29, 1.82) is 0 Å². The summed E-state index contributed by atoms with van der Waals surface area (Å²) < 4.78 is 8.30. The second-order valence-corrected chi connectivity index (χ2v) is 6.43. The van der Waals surface area contributed by atoms with Crippen LogP contribution in [0.1, 0.15) is 0 Å². The zero-order chi connectivity index (χ0) is 19.3. The van der Waals surface area contributed by atoms with E-state index in [1.54, 1.807) is 42.5 Å². The maximum atomic E-state index is 12.1. The standard InChI is InChI=1S/C18H22N8O2/c1-28-16-5-7-19-18(21-16)24-12-9-23(10-13-24)11-14-26-17(27)4-3-15(22-26)25-8-2-6-20-25/h2-8H,9-14H2,1H3. The molecule has 0 amide bonds. The van der Waals surface area contributed by atoms with E-state index >= 15 is 0 Å². The lowest BCUT2D eigenvalue weighted by Crippen LogP contribution is -2.48. The molecule has 0 spiro atoms. The van der Waals surface area contributed by atoms with E-state index in [-0.39, 0.29) is 5.56 Å². The topological polar surface area (TPSA) is 94.2 Å². The van der Waals surface area contributed by atoms with Crippen molar-refractivity contribution in [3.63, 3.8) is 0 Å². The number of aromatic nitrogens is 6. The van der Waals surface area contributed by atoms with Crippen LogP contribution in [0.4, 0.5) is 5.95 Å². The van der Waals surface area contributed by atoms with Crippen LogP contribution in [0.25, 0.3) is 5.82 Å². The van der Waals surface area contributed by atoms with Crippen molar-refractivity contribution in [3.8, 4) is 11.7 Å². The summed E-state index contributed by atoms with van der Waals surface area (Å²) >= 11 is 0. The molecular weight excluding hydrogens is 360 g/mol. The van der Waals surface area contributed by atoms with E-state index < -0.39 is 0 Å². The molecule has 0 unspecified atom stereocenters. The SMILES string of the molecule is COc1ccnc(N2CCN(CCn3nc(-n4cccn4)ccc3=O)CC2)n1. The number of methoxy groups -OCH3 is 1. The number of nitrogens with zero attached hydrogens (tertiary/aromatic N) is 8. The molecule has 4 heterocycles. The number of piperazine rings is 1. The highest BCUT2D eigenvalue weighted by Crippen LogP contribution is 2.14. The molecule has 0 radical (unpaired) electrons. The quantitative estimate of drug-likeness (QED) is 0.590. The lowest BCUT2D eigenvalue weighted by Gasteiger charge is -2.34. The van der Waals surface area contributed by atoms with Crippen LogP contribution in [-0.2, 0) is 6.54 Å². The van der Waals surface area contributed by atoms with Crippen molar-refractivity contribution >= 4 is 5.95 Å². The van der Waals surface area contributed by atoms with E-state index in [4.69, 9.17) is 4.74 Å². The highest BCUT2D eigenvalue weighted by Gasteiger charge is 2.19. The van der Waals surface area contributed by atoms with Crippen LogP contribution in [0.5, 0.6) is 5.88 Å². The van der Waals surface area contributed by atoms with Crippen LogP contribution in [0.3, 0.4) is 0 Å². The molecule has 0 atom stereocenters. The van der Waals surface area contributed by atoms with Gasteiger partial charge in [-0.3, -0.25) is 9.69 Å². The molecule has 0 N–H and O–H groups in total. The van der Waals surface area contributed by atoms with Gasteiger partial charge in [-0.15, -0.1) is 5.10 Å². The molecule has 10 heteroatoms. The van der Waals surface area contributed by atoms with E-state index in [1.165, 1.54) is 10.7 Å². The summed E-state index contributed by atoms with van der Waals surface area (Å²) in [5.41, 5.74) is -0.112. The molecule has 0 saturated carbocycles. The summed E-state index contributed by atoms with van der Waals surface area (Å²) in [6.45, 7) is 4.67. The maximum absolute atomic E-state index is 12.1. The van der Waals surface area contributed by atoms with Gasteiger partial charge in [-0.2, -0.15) is 10.1 Å². The molecule has 1 fully saturated rings. The van der Waals surface area contributed by atoms with Crippen molar-refractivity contribution < 1.29 is 4.74 Å². The van der Waals surface area contributed by atoms with Crippen molar-refractivity contribution in [2.45, 2.75) is 6.54 Å². The van der Waals surface area contributed by atoms with Gasteiger partial charge in [0.2, 0.25) is 11.8 Å². The Labute approximate surface area is 162 Å². The molecule has 10 nitrogen and oxygen atoms in total. The molecule has 0 bridgehead atoms. The Hall–Kier alpha value is -3.27. The summed E-state index contributed by atoms with van der Waals surface area (Å²) in [4.78, 5) is 25.3. The average Bonchev–Trinajstić information content (AvgIpc) is 3.28. The zero-order valence-electron chi connectivity index (χ0n) is 15.7. The smallest absolute Gasteiger partial charge is 0.266 e. The third kappa shape index (κ3) is 4.01. The highest BCUT2D eigenvalue weighted by molar-refractivity contribution is 5.32. The zero-order valence-corrected chi connectivity index (χ0v) is 15.7. The Bertz CT molecular complexity index is 964. The van der Waals surface area contributed by atoms with Gasteiger partial charge in [-0.05, 0) is 12.1 Å². The molecule has 0 aliphatic carbocycles. The van der Waals surface area contributed by atoms with Crippen molar-refractivity contribution in [2.75, 3.05) is 44.7 Å². The van der Waals surface area contributed by atoms with Crippen molar-refractivity contribution in [3.05, 3.63) is 53.2 Å². The third-order valence-electron chi connectivity index (χ3n) is 4.70. The van der Waals surface area contributed by atoms with E-state index in [2.05, 4.69) is 30.0 Å². The molecule has 3 aromatic rings. The fourth-order valence-corrected chi connectivity index (χ4v) is 3.13. The highest BCUT2D eigenvalue weighted by atomic mass is 16.5. The van der Waals surface area contributed by atoms with Gasteiger partial charge in [-0.1, -0.05) is 0 Å². The minimum atomic E-state index is -0.112. The first-order chi connectivity index (χ1) is 13.7. The number of rotatable bonds is 6. The summed E-state index contributed by atoms with van der Waals surface area (Å²) in [5.74, 6) is 1.88. The third-order valence-corrected chi connectivity index (χ3v) is 4.70. The van der Waals surface area contributed by atoms with E-state index in [0.29, 0.717) is 24.2 Å². The predicted molar refractivity (Wildman–Crippen MR) is 103 cm³/mol. The maximum Gasteiger partial charge on any atom is 0.266 e. The first-order valence-electron chi connectivity index (χ1n) is 9.15. The largest absolute Gasteiger partial charge is 0.481 e. The van der Waals surface area contributed by atoms with Crippen LogP contribution >= 0.6 is 0 Å². The number of anilines is 1. The first kappa shape index (κ1) is 18.1. The second-order valence-electron chi connectivity index (χ2n) is 6.43. The minimum Gasteiger partial charge on any atom is -0.481 e. The molecule has 1 aliphatic rings. The van der Waals surface area contributed by atoms with Gasteiger partial charge in [0.05, 0.1) is 13.7 Å². The van der Waals surface area contributed by atoms with Gasteiger partial charge in [0.15, 0.2) is 5.82 Å². The lowest BCUT2D eigenvalue weighted by molar-refractivity contribution is 0.241. The molecule has 0 aromatic carbocycles. The number of ether oxygens (including phenoxy) is 1. The first-order valence-corrected chi connectivity index (χ1v) is 9.15. The van der Waals surface area contributed by atoms with Gasteiger partial charge < -0.3 is 9.64 Å². The Morgan fingerprint density at radius 1 is 1.07 bits per heavy atom. The molecular formula is C18H22N8O2. The van der Waals surface area contributed by atoms with Crippen molar-refractivity contribution in [2.24, 2.45) is 0 Å². The van der Waals surface area contributed by atoms with Crippen LogP contribution in [-0.4, -0.2) is 74.3 Å². The summed E-state index contributed by atoms with van der Waals surface area (Å²) in [5, 5.41) is 8.57. The second kappa shape index (κ2) is 8.17. The van der Waals surface area contributed by atoms with Gasteiger partial charge in [0, 0.05) is 63.4 Å². The lowest BCUT2D eigenvalue weighted by atomic mass is 10.3. The van der Waals surface area contributed by atoms with Gasteiger partial charge in [-0.25, -0.2) is 14.3 Å². The van der Waals surface area contributed by atoms with Gasteiger partial charge in [0.1, 0.15) is 0 Å². The summed E-state index contributed by atoms with van der Waals surface area (Å²) in [6.07, 6.45) is 5.19. The molecule has 1 saturated heterocycles. The molecule has 4 rings (SSSR count). The molecule has 3 aromatic heterocycles. The van der Waals surface area contributed by atoms with Crippen molar-refractivity contribution in [1.82, 2.24) is 34.4 Å². The Morgan fingerprint density at radius 2 is 1.93 bits per heavy atom. The van der Waals surface area contributed by atoms with E-state index in [1.807, 2.05) is 6.07 Å². The summed E-state index contributed by atoms with van der Waals surface area (Å²) in [7, 11) is 1.60. The van der Waals surface area contributed by atoms with E-state index in [9.17, 15) is 4.79 Å². The van der Waals surface area contributed by atoms with E-state index in [0.717, 1.165) is 32.7 Å². The normalized spacial score (nSPS) is 15.0. The molecule has 28 heavy (non-hydrogen) atoms. The fourth-order valence-electron chi connectivity index (χ4n) is 3.13. The van der Waals surface area contributed by atoms with Crippen LogP contribution in [0, 0.1) is 0 Å². The van der Waals surface area contributed by atoms with Gasteiger partial charge in [0.25, 0.3) is 5.56 Å². The van der Waals surface area contributed by atoms with Crippen LogP contribution in [0.15, 0.2) is 47.7 Å². The Balaban J connectivity index is 1.34. The van der Waals surface area contributed by atoms with Crippen LogP contribution < -0.4 is 15.2 Å². The Kier molecular flexibility index (Phi) is 5.29. The monoisotopic (exact) mass is 382 g/mol. The van der Waals surface area contributed by atoms with Crippen LogP contribution in [0.2, 0.25) is 0 Å². The predicted octanol–water partition coefficient (Wildman–Crippen LogP) is 0.0498. The number of hydrogen-bond donors (Lipinski definition) is 0. The Morgan fingerprint density at radius 3 is 2.68 bits per heavy atom. The van der Waals surface area contributed by atoms with Gasteiger partial charge >= 0.3 is 0 Å². The minimum absolute atomic E-state index is 0.112.